The average Bonchev–Trinajstić information content (AvgIpc) is 3.21. The predicted molar refractivity (Wildman–Crippen MR) is 87.2 cm³/mol. The highest BCUT2D eigenvalue weighted by atomic mass is 32.1. The summed E-state index contributed by atoms with van der Waals surface area (Å²) in [5.41, 5.74) is 1.50. The Kier molecular flexibility index (Phi) is 4.39. The van der Waals surface area contributed by atoms with Gasteiger partial charge in [0, 0.05) is 18.0 Å². The second-order valence-corrected chi connectivity index (χ2v) is 6.27. The van der Waals surface area contributed by atoms with Crippen LogP contribution < -0.4 is 9.47 Å². The molecule has 1 aromatic heterocycles. The average molecular weight is 348 g/mol. The number of rotatable bonds is 5. The Morgan fingerprint density at radius 1 is 1.38 bits per heavy atom. The summed E-state index contributed by atoms with van der Waals surface area (Å²) in [4.78, 5) is 28.8. The molecule has 1 aliphatic heterocycles. The molecule has 0 bridgehead atoms. The number of aliphatic carboxylic acids is 1. The number of benzene rings is 1. The van der Waals surface area contributed by atoms with Gasteiger partial charge >= 0.3 is 5.97 Å². The Balaban J connectivity index is 1.72. The molecule has 8 heteroatoms. The van der Waals surface area contributed by atoms with Crippen LogP contribution in [0.5, 0.6) is 11.5 Å². The molecule has 1 aliphatic rings. The van der Waals surface area contributed by atoms with Gasteiger partial charge in [-0.2, -0.15) is 0 Å². The number of carboxylic acid groups (broad SMARTS) is 1. The standard InChI is InChI=1S/C16H16N2O5S/c1-9(16(20)21)18(2)14(19)6-11-7-24-15(17-11)10-3-4-12-13(5-10)23-8-22-12/h3-5,7,9H,6,8H2,1-2H3,(H,20,21). The number of carboxylic acids is 1. The van der Waals surface area contributed by atoms with Gasteiger partial charge in [0.15, 0.2) is 11.5 Å². The van der Waals surface area contributed by atoms with Crippen LogP contribution in [0.3, 0.4) is 0 Å². The minimum Gasteiger partial charge on any atom is -0.480 e. The number of aromatic nitrogens is 1. The smallest absolute Gasteiger partial charge is 0.326 e. The van der Waals surface area contributed by atoms with Crippen LogP contribution in [-0.4, -0.2) is 46.7 Å². The summed E-state index contributed by atoms with van der Waals surface area (Å²) >= 11 is 1.42. The van der Waals surface area contributed by atoms with Crippen LogP contribution in [0.15, 0.2) is 23.6 Å². The normalized spacial score (nSPS) is 13.6. The van der Waals surface area contributed by atoms with E-state index in [0.29, 0.717) is 17.2 Å². The van der Waals surface area contributed by atoms with Gasteiger partial charge in [-0.25, -0.2) is 9.78 Å². The maximum absolute atomic E-state index is 12.1. The molecule has 1 aromatic carbocycles. The molecule has 2 aromatic rings. The van der Waals surface area contributed by atoms with E-state index in [2.05, 4.69) is 4.98 Å². The first-order valence-electron chi connectivity index (χ1n) is 7.28. The molecule has 1 N–H and O–H groups in total. The molecule has 0 radical (unpaired) electrons. The molecule has 1 atom stereocenters. The van der Waals surface area contributed by atoms with Crippen LogP contribution in [0, 0.1) is 0 Å². The zero-order valence-corrected chi connectivity index (χ0v) is 14.0. The van der Waals surface area contributed by atoms with E-state index in [1.807, 2.05) is 18.2 Å². The van der Waals surface area contributed by atoms with Crippen molar-refractivity contribution in [2.45, 2.75) is 19.4 Å². The SMILES string of the molecule is CC(C(=O)O)N(C)C(=O)Cc1csc(-c2ccc3c(c2)OCO3)n1. The Morgan fingerprint density at radius 2 is 2.12 bits per heavy atom. The summed E-state index contributed by atoms with van der Waals surface area (Å²) < 4.78 is 10.6. The minimum atomic E-state index is -1.04. The lowest BCUT2D eigenvalue weighted by atomic mass is 10.2. The molecule has 0 spiro atoms. The molecule has 0 saturated carbocycles. The molecule has 2 heterocycles. The Labute approximate surface area is 142 Å². The first-order valence-corrected chi connectivity index (χ1v) is 8.16. The third-order valence-corrected chi connectivity index (χ3v) is 4.78. The van der Waals surface area contributed by atoms with Crippen molar-refractivity contribution in [1.82, 2.24) is 9.88 Å². The highest BCUT2D eigenvalue weighted by molar-refractivity contribution is 7.13. The van der Waals surface area contributed by atoms with Gasteiger partial charge < -0.3 is 19.5 Å². The first kappa shape index (κ1) is 16.3. The summed E-state index contributed by atoms with van der Waals surface area (Å²) in [6.45, 7) is 1.68. The maximum atomic E-state index is 12.1. The monoisotopic (exact) mass is 348 g/mol. The van der Waals surface area contributed by atoms with Gasteiger partial charge in [-0.15, -0.1) is 11.3 Å². The van der Waals surface area contributed by atoms with E-state index in [4.69, 9.17) is 14.6 Å². The van der Waals surface area contributed by atoms with Gasteiger partial charge in [0.1, 0.15) is 11.0 Å². The number of fused-ring (bicyclic) bond motifs is 1. The topological polar surface area (TPSA) is 89.0 Å². The molecular weight excluding hydrogens is 332 g/mol. The number of ether oxygens (including phenoxy) is 2. The first-order chi connectivity index (χ1) is 11.5. The predicted octanol–water partition coefficient (Wildman–Crippen LogP) is 2.01. The maximum Gasteiger partial charge on any atom is 0.326 e. The number of amides is 1. The second-order valence-electron chi connectivity index (χ2n) is 5.41. The van der Waals surface area contributed by atoms with E-state index >= 15 is 0 Å². The number of hydrogen-bond donors (Lipinski definition) is 1. The fourth-order valence-corrected chi connectivity index (χ4v) is 3.03. The summed E-state index contributed by atoms with van der Waals surface area (Å²) in [7, 11) is 1.48. The fourth-order valence-electron chi connectivity index (χ4n) is 2.21. The van der Waals surface area contributed by atoms with Crippen LogP contribution in [0.2, 0.25) is 0 Å². The van der Waals surface area contributed by atoms with E-state index < -0.39 is 12.0 Å². The van der Waals surface area contributed by atoms with Gasteiger partial charge in [0.25, 0.3) is 0 Å². The zero-order chi connectivity index (χ0) is 17.3. The highest BCUT2D eigenvalue weighted by Gasteiger charge is 2.22. The van der Waals surface area contributed by atoms with Crippen LogP contribution in [-0.2, 0) is 16.0 Å². The Hall–Kier alpha value is -2.61. The van der Waals surface area contributed by atoms with Gasteiger partial charge in [-0.05, 0) is 25.1 Å². The van der Waals surface area contributed by atoms with Crippen LogP contribution in [0.25, 0.3) is 10.6 Å². The van der Waals surface area contributed by atoms with Gasteiger partial charge in [-0.1, -0.05) is 0 Å². The van der Waals surface area contributed by atoms with Crippen molar-refractivity contribution < 1.29 is 24.2 Å². The summed E-state index contributed by atoms with van der Waals surface area (Å²) in [5, 5.41) is 11.5. The molecule has 3 rings (SSSR count). The van der Waals surface area contributed by atoms with Crippen molar-refractivity contribution in [1.29, 1.82) is 0 Å². The minimum absolute atomic E-state index is 0.0647. The lowest BCUT2D eigenvalue weighted by Gasteiger charge is -2.20. The molecule has 1 unspecified atom stereocenters. The largest absolute Gasteiger partial charge is 0.480 e. The van der Waals surface area contributed by atoms with Crippen LogP contribution in [0.4, 0.5) is 0 Å². The van der Waals surface area contributed by atoms with Crippen molar-refractivity contribution >= 4 is 23.2 Å². The summed E-state index contributed by atoms with van der Waals surface area (Å²) in [5.74, 6) is 0.0583. The van der Waals surface area contributed by atoms with Gasteiger partial charge in [0.05, 0.1) is 12.1 Å². The summed E-state index contributed by atoms with van der Waals surface area (Å²) in [6, 6.07) is 4.69. The van der Waals surface area contributed by atoms with Gasteiger partial charge in [-0.3, -0.25) is 4.79 Å². The molecule has 0 fully saturated rings. The molecular formula is C16H16N2O5S. The molecule has 126 valence electrons. The zero-order valence-electron chi connectivity index (χ0n) is 13.2. The quantitative estimate of drug-likeness (QED) is 0.889. The fraction of sp³-hybridized carbons (Fsp3) is 0.312. The van der Waals surface area contributed by atoms with E-state index in [-0.39, 0.29) is 19.1 Å². The Bertz CT molecular complexity index is 789. The number of thiazole rings is 1. The lowest BCUT2D eigenvalue weighted by molar-refractivity contribution is -0.148. The molecule has 0 aliphatic carbocycles. The number of nitrogens with zero attached hydrogens (tertiary/aromatic N) is 2. The lowest BCUT2D eigenvalue weighted by Crippen LogP contribution is -2.41. The van der Waals surface area contributed by atoms with Gasteiger partial charge in [0.2, 0.25) is 12.7 Å². The molecule has 0 saturated heterocycles. The van der Waals surface area contributed by atoms with Crippen molar-refractivity contribution in [3.8, 4) is 22.1 Å². The molecule has 1 amide bonds. The van der Waals surface area contributed by atoms with Crippen molar-refractivity contribution in [2.24, 2.45) is 0 Å². The molecule has 7 nitrogen and oxygen atoms in total. The van der Waals surface area contributed by atoms with Crippen LogP contribution >= 0.6 is 11.3 Å². The Morgan fingerprint density at radius 3 is 2.88 bits per heavy atom. The van der Waals surface area contributed by atoms with E-state index in [0.717, 1.165) is 10.6 Å². The number of carbonyl (C=O) groups is 2. The van der Waals surface area contributed by atoms with Crippen molar-refractivity contribution in [2.75, 3.05) is 13.8 Å². The van der Waals surface area contributed by atoms with E-state index in [1.165, 1.54) is 30.2 Å². The third kappa shape index (κ3) is 3.18. The highest BCUT2D eigenvalue weighted by Crippen LogP contribution is 2.36. The number of carbonyl (C=O) groups excluding carboxylic acids is 1. The van der Waals surface area contributed by atoms with E-state index in [9.17, 15) is 9.59 Å². The summed E-state index contributed by atoms with van der Waals surface area (Å²) in [6.07, 6.45) is 0.0647. The van der Waals surface area contributed by atoms with Crippen molar-refractivity contribution in [3.05, 3.63) is 29.3 Å². The van der Waals surface area contributed by atoms with Crippen molar-refractivity contribution in [3.63, 3.8) is 0 Å². The van der Waals surface area contributed by atoms with E-state index in [1.54, 1.807) is 5.38 Å². The third-order valence-electron chi connectivity index (χ3n) is 3.84. The van der Waals surface area contributed by atoms with Crippen LogP contribution in [0.1, 0.15) is 12.6 Å². The number of likely N-dealkylation sites (N-methyl/N-ethyl adjacent to an activating group) is 1. The number of hydrogen-bond acceptors (Lipinski definition) is 6. The molecule has 24 heavy (non-hydrogen) atoms. The second kappa shape index (κ2) is 6.48.